The number of aromatic nitrogens is 5. The molecule has 0 saturated carbocycles. The molecule has 2 rings (SSSR count). The topological polar surface area (TPSA) is 302 Å². The predicted octanol–water partition coefficient (Wildman–Crippen LogP) is 33.2. The largest absolute Gasteiger partial charge is 0.414 e. The van der Waals surface area contributed by atoms with Crippen molar-refractivity contribution in [2.75, 3.05) is 52.9 Å². The lowest BCUT2D eigenvalue weighted by atomic mass is 9.85. The number of carbonyl (C=O) groups excluding carboxylic acids is 1. The molecule has 16 unspecified atom stereocenters. The molecule has 0 aromatic carbocycles. The minimum Gasteiger partial charge on any atom is -0.396 e. The van der Waals surface area contributed by atoms with Crippen LogP contribution < -0.4 is 5.32 Å². The van der Waals surface area contributed by atoms with Crippen molar-refractivity contribution >= 4 is 5.91 Å². The zero-order valence-corrected chi connectivity index (χ0v) is 100. The number of halogens is 8. The van der Waals surface area contributed by atoms with Crippen LogP contribution in [-0.4, -0.2) is 184 Å². The van der Waals surface area contributed by atoms with Gasteiger partial charge in [-0.15, -0.1) is 0 Å². The zero-order valence-electron chi connectivity index (χ0n) is 100. The molecule has 0 saturated heterocycles. The number of nitrogens with zero attached hydrogens (tertiary/aromatic N) is 3. The van der Waals surface area contributed by atoms with E-state index in [-0.39, 0.29) is 87.5 Å². The Hall–Kier alpha value is -3.14. The number of imidazole rings is 1. The summed E-state index contributed by atoms with van der Waals surface area (Å²) in [5.74, 6) is 11.2. The lowest BCUT2D eigenvalue weighted by molar-refractivity contribution is -0.224. The molecule has 882 valence electrons. The standard InChI is InChI=1S/C11H20N2.C11H23NO2.C10H19F3O.C10H20F2O.C10H21FO.C10H19N3.3C10H22O.2C9H19FO.C9H20O.CH4/c1-4-5-6-10(9(2)3)11-12-7-8-13-11;1-4-5-6-10(9(2)3)11(14)12-7-8-13;1-4-5-6-8(7(2)3)9(14)10(11,12)13;1-4-5-6-8(7(2)3)9(13)10(11)12;1-4-5-6-9(8(2)3)10(12)7-11;1-4-5-6-9(8(2)3)10-11-7-12-13-10;2*1-5-6-7-10(8(2)3)9(4)11;1-4-5-6-10(7-8-11)9(2)3;1-7(2)9(6-11)5-4-8(3)10;1-8(2)9(7-11)5-3-4-6-10;1-4-5-6-9(7-10)8(2)3;/h7-10H,4-6H2,1-3H3,(H,12,13);9-10,13H,4-8H2,1-3H3,(H,12,14);7-9,14H,4-6H2,1-3H3;7-10,13H,4-6H2,1-3H3;8-10,12H,4-7H2,1-3H3;7-9H,4-6H2,1-3H3,(H,11,12,13);2*8-11H,5-7H2,1-4H3;9-11H,4-8H2,1-3H3;7-9,11H,4-6H2,1-3H3;8-9,11H,3-7H2,1-2H3;8-10H,4-7H2,1-3H3;1H4/t;;8?,9-;;;;9-,10?;;;;;;/m..1...0....../s1. The van der Waals surface area contributed by atoms with Gasteiger partial charge in [-0.3, -0.25) is 14.3 Å². The second kappa shape index (κ2) is 111. The number of aliphatic hydroxyl groups is 10. The number of carbonyl (C=O) groups is 1. The van der Waals surface area contributed by atoms with Crippen molar-refractivity contribution in [1.29, 1.82) is 0 Å². The average molecular weight is 2110 g/mol. The van der Waals surface area contributed by atoms with E-state index in [1.807, 2.05) is 67.8 Å². The van der Waals surface area contributed by atoms with Crippen molar-refractivity contribution in [3.8, 4) is 0 Å². The summed E-state index contributed by atoms with van der Waals surface area (Å²) < 4.78 is 97.4. The van der Waals surface area contributed by atoms with Crippen LogP contribution in [0.25, 0.3) is 0 Å². The molecule has 1 amide bonds. The third-order valence-electron chi connectivity index (χ3n) is 28.2. The lowest BCUT2D eigenvalue weighted by Crippen LogP contribution is -2.38. The maximum Gasteiger partial charge on any atom is 0.414 e. The Labute approximate surface area is 892 Å². The normalized spacial score (nSPS) is 15.1. The molecule has 0 aliphatic carbocycles. The van der Waals surface area contributed by atoms with Crippen molar-refractivity contribution in [2.24, 2.45) is 130 Å². The summed E-state index contributed by atoms with van der Waals surface area (Å²) in [6.45, 7) is 77.8. The van der Waals surface area contributed by atoms with Gasteiger partial charge in [-0.2, -0.15) is 18.3 Å². The fraction of sp³-hybridized carbons (Fsp3) is 0.950. The second-order valence-corrected chi connectivity index (χ2v) is 45.0. The second-order valence-electron chi connectivity index (χ2n) is 45.0. The molecule has 0 aliphatic rings. The minimum atomic E-state index is -4.48. The number of aromatic amines is 2. The van der Waals surface area contributed by atoms with Crippen LogP contribution in [0.1, 0.15) is 518 Å². The summed E-state index contributed by atoms with van der Waals surface area (Å²) in [4.78, 5) is 23.4. The first kappa shape index (κ1) is 164. The maximum atomic E-state index is 12.4. The van der Waals surface area contributed by atoms with Crippen molar-refractivity contribution in [3.63, 3.8) is 0 Å². The Morgan fingerprint density at radius 2 is 0.690 bits per heavy atom. The molecule has 0 aliphatic heterocycles. The number of nitrogens with one attached hydrogen (secondary N) is 3. The Morgan fingerprint density at radius 1 is 0.359 bits per heavy atom. The molecule has 2 heterocycles. The van der Waals surface area contributed by atoms with E-state index in [1.165, 1.54) is 116 Å². The van der Waals surface area contributed by atoms with Gasteiger partial charge in [-0.1, -0.05) is 384 Å². The highest BCUT2D eigenvalue weighted by molar-refractivity contribution is 5.78. The van der Waals surface area contributed by atoms with E-state index in [9.17, 15) is 60.3 Å². The Morgan fingerprint density at radius 3 is 0.966 bits per heavy atom. The summed E-state index contributed by atoms with van der Waals surface area (Å²) in [6.07, 6.45) is 31.0. The quantitative estimate of drug-likeness (QED) is 0.0217. The third kappa shape index (κ3) is 98.7. The average Bonchev–Trinajstić information content (AvgIpc) is 1.53. The molecular formula is C120H250F8N6O11. The van der Waals surface area contributed by atoms with Gasteiger partial charge in [0.25, 0.3) is 6.43 Å². The number of hydrogen-bond acceptors (Lipinski definition) is 14. The SMILES string of the molecule is C.CC(C)C(CO)CCCCF.CC(F)CCC(CO)C(C)C.CCCCC(C(=O)NCCO)C(C)C.CCCCC(C(C)C)C(C)O.CCCCC(C(C)C)C(O)C(F)F.CCCCC(C(C)C)C(O)CF.CCCCC(C(C)C)[C@@H](O)C(F)(F)F.CCCCC(C(C)C)[C@H](C)O.CCCCC(CCO)C(C)C.CCCCC(CO)C(C)C.CCCCC(c1ncc[nH]1)C(C)C.CCCCC(c1ncn[nH]1)C(C)C. The van der Waals surface area contributed by atoms with Crippen LogP contribution in [-0.2, 0) is 4.79 Å². The predicted molar refractivity (Wildman–Crippen MR) is 607 cm³/mol. The first-order chi connectivity index (χ1) is 67.5. The minimum absolute atomic E-state index is 0. The van der Waals surface area contributed by atoms with E-state index in [0.717, 1.165) is 113 Å². The first-order valence-corrected chi connectivity index (χ1v) is 58.2. The van der Waals surface area contributed by atoms with Gasteiger partial charge in [0.1, 0.15) is 30.8 Å². The van der Waals surface area contributed by atoms with E-state index >= 15 is 0 Å². The lowest BCUT2D eigenvalue weighted by Gasteiger charge is -2.27. The van der Waals surface area contributed by atoms with Crippen molar-refractivity contribution < 1.29 is 91.0 Å². The van der Waals surface area contributed by atoms with Crippen LogP contribution in [0, 0.1) is 130 Å². The molecule has 145 heavy (non-hydrogen) atoms. The first-order valence-electron chi connectivity index (χ1n) is 58.2. The van der Waals surface area contributed by atoms with Crippen molar-refractivity contribution in [3.05, 3.63) is 30.4 Å². The summed E-state index contributed by atoms with van der Waals surface area (Å²) in [5.41, 5.74) is 0. The van der Waals surface area contributed by atoms with Crippen LogP contribution in [0.3, 0.4) is 0 Å². The highest BCUT2D eigenvalue weighted by Crippen LogP contribution is 2.35. The molecule has 0 radical (unpaired) electrons. The van der Waals surface area contributed by atoms with E-state index in [2.05, 4.69) is 210 Å². The summed E-state index contributed by atoms with van der Waals surface area (Å²) in [6, 6.07) is 0. The number of amides is 1. The van der Waals surface area contributed by atoms with Gasteiger partial charge in [0.2, 0.25) is 5.91 Å². The van der Waals surface area contributed by atoms with Crippen LogP contribution in [0.15, 0.2) is 18.7 Å². The smallest absolute Gasteiger partial charge is 0.396 e. The molecule has 2 aromatic heterocycles. The third-order valence-corrected chi connectivity index (χ3v) is 28.2. The molecule has 17 nitrogen and oxygen atoms in total. The van der Waals surface area contributed by atoms with Crippen LogP contribution >= 0.6 is 0 Å². The molecule has 0 bridgehead atoms. The number of alkyl halides is 8. The van der Waals surface area contributed by atoms with Crippen LogP contribution in [0.5, 0.6) is 0 Å². The maximum absolute atomic E-state index is 12.4. The van der Waals surface area contributed by atoms with E-state index in [1.54, 1.807) is 27.1 Å². The van der Waals surface area contributed by atoms with Gasteiger partial charge >= 0.3 is 6.18 Å². The number of hydrogen-bond donors (Lipinski definition) is 13. The zero-order chi connectivity index (χ0) is 114. The Balaban J connectivity index is -0.000000150. The highest BCUT2D eigenvalue weighted by atomic mass is 19.4. The number of rotatable bonds is 66. The Bertz CT molecular complexity index is 2680. The molecule has 18 atom stereocenters. The molecule has 13 N–H and O–H groups in total. The highest BCUT2D eigenvalue weighted by Gasteiger charge is 2.44. The van der Waals surface area contributed by atoms with Crippen LogP contribution in [0.4, 0.5) is 35.1 Å². The van der Waals surface area contributed by atoms with Crippen molar-refractivity contribution in [2.45, 2.75) is 556 Å². The summed E-state index contributed by atoms with van der Waals surface area (Å²) in [7, 11) is 0. The molecule has 25 heteroatoms. The van der Waals surface area contributed by atoms with Gasteiger partial charge in [0, 0.05) is 63.1 Å². The number of H-pyrrole nitrogens is 2. The number of unbranched alkanes of at least 4 members (excludes halogenated alkanes) is 11. The van der Waals surface area contributed by atoms with Gasteiger partial charge < -0.3 is 61.4 Å². The van der Waals surface area contributed by atoms with E-state index < -0.39 is 49.7 Å². The van der Waals surface area contributed by atoms with Gasteiger partial charge in [-0.25, -0.2) is 27.5 Å². The molecule has 0 spiro atoms. The summed E-state index contributed by atoms with van der Waals surface area (Å²) >= 11 is 0. The van der Waals surface area contributed by atoms with Gasteiger partial charge in [-0.05, 0) is 235 Å². The molecule has 0 fully saturated rings. The fourth-order valence-electron chi connectivity index (χ4n) is 17.3. The number of aliphatic hydroxyl groups excluding tert-OH is 10. The van der Waals surface area contributed by atoms with E-state index in [4.69, 9.17) is 30.6 Å². The van der Waals surface area contributed by atoms with Crippen molar-refractivity contribution in [1.82, 2.24) is 30.5 Å². The fourth-order valence-corrected chi connectivity index (χ4v) is 17.3. The molecular weight excluding hydrogens is 1850 g/mol. The monoisotopic (exact) mass is 2100 g/mol. The van der Waals surface area contributed by atoms with Crippen LogP contribution in [0.2, 0.25) is 0 Å². The van der Waals surface area contributed by atoms with Gasteiger partial charge in [0.15, 0.2) is 6.10 Å². The summed E-state index contributed by atoms with van der Waals surface area (Å²) in [5, 5.41) is 100. The van der Waals surface area contributed by atoms with E-state index in [0.29, 0.717) is 134 Å². The molecule has 2 aromatic rings. The van der Waals surface area contributed by atoms with Gasteiger partial charge in [0.05, 0.1) is 37.8 Å². The Kier molecular flexibility index (Phi) is 125.